The molecule has 0 bridgehead atoms. The first-order chi connectivity index (χ1) is 18.8. The number of imide groups is 1. The second-order valence-corrected chi connectivity index (χ2v) is 9.63. The normalized spacial score (nSPS) is 15.3. The van der Waals surface area contributed by atoms with E-state index in [2.05, 4.69) is 15.4 Å². The van der Waals surface area contributed by atoms with Crippen LogP contribution in [0.25, 0.3) is 22.6 Å². The zero-order chi connectivity index (χ0) is 27.7. The van der Waals surface area contributed by atoms with Crippen LogP contribution in [-0.2, 0) is 27.5 Å². The average molecular weight is 535 g/mol. The van der Waals surface area contributed by atoms with Gasteiger partial charge in [0.25, 0.3) is 23.3 Å². The van der Waals surface area contributed by atoms with Gasteiger partial charge in [-0.05, 0) is 62.8 Å². The van der Waals surface area contributed by atoms with Crippen molar-refractivity contribution in [2.24, 2.45) is 0 Å². The summed E-state index contributed by atoms with van der Waals surface area (Å²) in [5.74, 6) is -0.759. The number of aryl methyl sites for hydroxylation is 1. The molecule has 12 heteroatoms. The Bertz CT molecular complexity index is 1580. The molecule has 0 atom stereocenters. The van der Waals surface area contributed by atoms with Crippen molar-refractivity contribution in [1.82, 2.24) is 29.5 Å². The molecule has 2 N–H and O–H groups in total. The minimum Gasteiger partial charge on any atom is -0.484 e. The van der Waals surface area contributed by atoms with Crippen LogP contribution < -0.4 is 21.4 Å². The molecule has 0 saturated heterocycles. The molecule has 0 fully saturated rings. The third-order valence-corrected chi connectivity index (χ3v) is 6.88. The van der Waals surface area contributed by atoms with E-state index < -0.39 is 29.9 Å². The van der Waals surface area contributed by atoms with E-state index in [1.807, 2.05) is 13.8 Å². The van der Waals surface area contributed by atoms with Crippen LogP contribution in [0.4, 0.5) is 0 Å². The molecule has 1 aliphatic heterocycles. The Hall–Kier alpha value is -4.48. The number of rotatable bonds is 9. The summed E-state index contributed by atoms with van der Waals surface area (Å²) in [4.78, 5) is 70.8. The van der Waals surface area contributed by atoms with E-state index in [4.69, 9.17) is 4.74 Å². The number of nitrogens with zero attached hydrogens (tertiary/aromatic N) is 4. The first kappa shape index (κ1) is 26.1. The van der Waals surface area contributed by atoms with E-state index in [0.29, 0.717) is 72.7 Å². The van der Waals surface area contributed by atoms with E-state index in [9.17, 15) is 24.0 Å². The number of hydrogen-bond acceptors (Lipinski definition) is 7. The van der Waals surface area contributed by atoms with Crippen molar-refractivity contribution in [2.45, 2.75) is 65.5 Å². The molecular weight excluding hydrogens is 504 g/mol. The third-order valence-electron chi connectivity index (χ3n) is 6.88. The van der Waals surface area contributed by atoms with Crippen LogP contribution in [-0.4, -0.2) is 48.4 Å². The number of hydrazine groups is 1. The maximum Gasteiger partial charge on any atom is 0.332 e. The summed E-state index contributed by atoms with van der Waals surface area (Å²) in [6.45, 7) is 4.22. The Kier molecular flexibility index (Phi) is 7.18. The van der Waals surface area contributed by atoms with Crippen LogP contribution in [0.1, 0.15) is 52.4 Å². The van der Waals surface area contributed by atoms with Crippen molar-refractivity contribution in [2.75, 3.05) is 6.61 Å². The number of amides is 3. The predicted molar refractivity (Wildman–Crippen MR) is 142 cm³/mol. The number of nitrogens with one attached hydrogen (secondary N) is 2. The molecule has 204 valence electrons. The number of imidazole rings is 1. The lowest BCUT2D eigenvalue weighted by Gasteiger charge is -2.16. The van der Waals surface area contributed by atoms with E-state index in [0.717, 1.165) is 17.9 Å². The molecule has 39 heavy (non-hydrogen) atoms. The van der Waals surface area contributed by atoms with E-state index in [1.54, 1.807) is 24.3 Å². The Morgan fingerprint density at radius 3 is 2.18 bits per heavy atom. The van der Waals surface area contributed by atoms with Gasteiger partial charge in [0.05, 0.1) is 0 Å². The summed E-state index contributed by atoms with van der Waals surface area (Å²) in [5, 5.41) is 0.777. The topological polar surface area (TPSA) is 148 Å². The molecule has 12 nitrogen and oxygen atoms in total. The molecule has 1 aliphatic carbocycles. The molecule has 2 aliphatic rings. The summed E-state index contributed by atoms with van der Waals surface area (Å²) in [6.07, 6.45) is 4.15. The highest BCUT2D eigenvalue weighted by Gasteiger charge is 2.39. The van der Waals surface area contributed by atoms with E-state index in [-0.39, 0.29) is 11.2 Å². The summed E-state index contributed by atoms with van der Waals surface area (Å²) in [6, 6.07) is 6.69. The van der Waals surface area contributed by atoms with E-state index >= 15 is 0 Å². The minimum atomic E-state index is -0.629. The number of fused-ring (bicyclic) bond motifs is 1. The quantitative estimate of drug-likeness (QED) is 0.399. The van der Waals surface area contributed by atoms with E-state index in [1.165, 1.54) is 9.13 Å². The van der Waals surface area contributed by atoms with Gasteiger partial charge in [-0.3, -0.25) is 33.7 Å². The number of aromatic nitrogens is 4. The molecule has 1 aromatic carbocycles. The van der Waals surface area contributed by atoms with Crippen molar-refractivity contribution in [1.29, 1.82) is 0 Å². The summed E-state index contributed by atoms with van der Waals surface area (Å²) in [7, 11) is 0. The van der Waals surface area contributed by atoms with Crippen LogP contribution in [0, 0.1) is 0 Å². The van der Waals surface area contributed by atoms with Crippen LogP contribution in [0.15, 0.2) is 45.0 Å². The minimum absolute atomic E-state index is 0.269. The maximum atomic E-state index is 13.0. The van der Waals surface area contributed by atoms with Crippen LogP contribution in [0.3, 0.4) is 0 Å². The smallest absolute Gasteiger partial charge is 0.332 e. The molecule has 3 heterocycles. The Morgan fingerprint density at radius 1 is 0.949 bits per heavy atom. The molecule has 0 saturated carbocycles. The molecule has 5 rings (SSSR count). The molecule has 3 amide bonds. The number of carbonyl (C=O) groups is 3. The zero-order valence-electron chi connectivity index (χ0n) is 21.9. The number of ether oxygens (including phenoxy) is 1. The number of aromatic amines is 1. The maximum absolute atomic E-state index is 13.0. The lowest BCUT2D eigenvalue weighted by atomic mass is 9.93. The van der Waals surface area contributed by atoms with Gasteiger partial charge in [0.1, 0.15) is 17.1 Å². The summed E-state index contributed by atoms with van der Waals surface area (Å²) in [5.41, 5.74) is 3.80. The van der Waals surface area contributed by atoms with Gasteiger partial charge in [-0.1, -0.05) is 13.8 Å². The van der Waals surface area contributed by atoms with Crippen LogP contribution in [0.2, 0.25) is 0 Å². The van der Waals surface area contributed by atoms with Crippen molar-refractivity contribution in [3.05, 3.63) is 56.2 Å². The Labute approximate surface area is 223 Å². The van der Waals surface area contributed by atoms with Gasteiger partial charge >= 0.3 is 5.69 Å². The standard InChI is InChI=1S/C27H30N6O6/c1-3-13-31-23-21(26(37)32(14-4-2)27(31)38)28-22(29-23)16-9-11-17(12-10-16)39-15-20(34)30-33-24(35)18-7-5-6-8-19(18)25(33)36/h9-12H,3-8,13-15H2,1-2H3,(H,28,29)(H,30,34). The van der Waals surface area contributed by atoms with Crippen molar-refractivity contribution < 1.29 is 19.1 Å². The average Bonchev–Trinajstić information content (AvgIpc) is 3.49. The summed E-state index contributed by atoms with van der Waals surface area (Å²) < 4.78 is 8.29. The van der Waals surface area contributed by atoms with Gasteiger partial charge in [-0.2, -0.15) is 5.01 Å². The first-order valence-electron chi connectivity index (χ1n) is 13.2. The van der Waals surface area contributed by atoms with Gasteiger partial charge in [0, 0.05) is 29.8 Å². The number of hydrogen-bond donors (Lipinski definition) is 2. The predicted octanol–water partition coefficient (Wildman–Crippen LogP) is 2.02. The molecule has 2 aromatic heterocycles. The zero-order valence-corrected chi connectivity index (χ0v) is 21.9. The molecule has 3 aromatic rings. The SMILES string of the molecule is CCCn1c(=O)c2[nH]c(-c3ccc(OCC(=O)NN4C(=O)C5=C(CCCC5)C4=O)cc3)nc2n(CCC)c1=O. The highest BCUT2D eigenvalue weighted by Crippen LogP contribution is 2.32. The highest BCUT2D eigenvalue weighted by atomic mass is 16.5. The second-order valence-electron chi connectivity index (χ2n) is 9.63. The van der Waals surface area contributed by atoms with Gasteiger partial charge in [0.2, 0.25) is 0 Å². The fraction of sp³-hybridized carbons (Fsp3) is 0.407. The van der Waals surface area contributed by atoms with Gasteiger partial charge in [-0.15, -0.1) is 0 Å². The highest BCUT2D eigenvalue weighted by molar-refractivity contribution is 6.19. The Morgan fingerprint density at radius 2 is 1.56 bits per heavy atom. The largest absolute Gasteiger partial charge is 0.484 e. The van der Waals surface area contributed by atoms with Crippen molar-refractivity contribution in [3.8, 4) is 17.1 Å². The number of benzene rings is 1. The number of carbonyl (C=O) groups excluding carboxylic acids is 3. The first-order valence-corrected chi connectivity index (χ1v) is 13.2. The van der Waals surface area contributed by atoms with Crippen molar-refractivity contribution >= 4 is 28.9 Å². The lowest BCUT2D eigenvalue weighted by molar-refractivity contribution is -0.147. The van der Waals surface area contributed by atoms with Gasteiger partial charge in [0.15, 0.2) is 12.3 Å². The third kappa shape index (κ3) is 4.77. The molecule has 0 unspecified atom stereocenters. The van der Waals surface area contributed by atoms with Crippen LogP contribution >= 0.6 is 0 Å². The Balaban J connectivity index is 1.28. The van der Waals surface area contributed by atoms with Gasteiger partial charge in [-0.25, -0.2) is 9.78 Å². The molecule has 0 radical (unpaired) electrons. The number of H-pyrrole nitrogens is 1. The monoisotopic (exact) mass is 534 g/mol. The van der Waals surface area contributed by atoms with Crippen LogP contribution in [0.5, 0.6) is 5.75 Å². The molecular formula is C27H30N6O6. The molecule has 0 spiro atoms. The lowest BCUT2D eigenvalue weighted by Crippen LogP contribution is -2.48. The van der Waals surface area contributed by atoms with Crippen molar-refractivity contribution in [3.63, 3.8) is 0 Å². The fourth-order valence-electron chi connectivity index (χ4n) is 5.01. The van der Waals surface area contributed by atoms with Gasteiger partial charge < -0.3 is 9.72 Å². The fourth-order valence-corrected chi connectivity index (χ4v) is 5.01. The second kappa shape index (κ2) is 10.7. The summed E-state index contributed by atoms with van der Waals surface area (Å²) >= 11 is 0.